The number of methoxy groups -OCH3 is 1. The van der Waals surface area contributed by atoms with Gasteiger partial charge in [0, 0.05) is 11.1 Å². The number of hydrogen-bond donors (Lipinski definition) is 1. The molecular weight excluding hydrogens is 254 g/mol. The Hall–Kier alpha value is -1.52. The molecule has 18 heavy (non-hydrogen) atoms. The number of carboxylic acids is 1. The molecule has 1 aromatic carbocycles. The Kier molecular flexibility index (Phi) is 5.19. The Morgan fingerprint density at radius 3 is 2.61 bits per heavy atom. The molecule has 4 nitrogen and oxygen atoms in total. The van der Waals surface area contributed by atoms with Crippen molar-refractivity contribution in [3.63, 3.8) is 0 Å². The van der Waals surface area contributed by atoms with Crippen LogP contribution in [-0.4, -0.2) is 37.2 Å². The fourth-order valence-corrected chi connectivity index (χ4v) is 1.88. The second-order valence-electron chi connectivity index (χ2n) is 3.99. The minimum atomic E-state index is -0.980. The molecule has 0 radical (unpaired) electrons. The van der Waals surface area contributed by atoms with Crippen LogP contribution in [0.1, 0.15) is 11.6 Å². The molecule has 0 spiro atoms. The van der Waals surface area contributed by atoms with Gasteiger partial charge >= 0.3 is 5.97 Å². The van der Waals surface area contributed by atoms with Crippen molar-refractivity contribution in [3.05, 3.63) is 40.9 Å². The van der Waals surface area contributed by atoms with Gasteiger partial charge in [0.2, 0.25) is 0 Å². The number of carbonyl (C=O) groups is 1. The van der Waals surface area contributed by atoms with Crippen LogP contribution in [0.4, 0.5) is 0 Å². The number of halogens is 1. The molecule has 1 atom stereocenters. The van der Waals surface area contributed by atoms with E-state index in [9.17, 15) is 4.79 Å². The van der Waals surface area contributed by atoms with Crippen molar-refractivity contribution in [1.82, 2.24) is 4.90 Å². The summed E-state index contributed by atoms with van der Waals surface area (Å²) in [6.45, 7) is 0. The van der Waals surface area contributed by atoms with E-state index in [2.05, 4.69) is 0 Å². The Bertz CT molecular complexity index is 458. The second-order valence-corrected chi connectivity index (χ2v) is 4.40. The number of aliphatic carboxylic acids is 1. The summed E-state index contributed by atoms with van der Waals surface area (Å²) in [5.41, 5.74) is 0.833. The zero-order chi connectivity index (χ0) is 13.7. The number of hydrogen-bond acceptors (Lipinski definition) is 3. The summed E-state index contributed by atoms with van der Waals surface area (Å²) < 4.78 is 5.08. The molecule has 5 heteroatoms. The van der Waals surface area contributed by atoms with Gasteiger partial charge in [-0.1, -0.05) is 23.7 Å². The standard InChI is InChI=1S/C13H16ClNO3/c1-15(2)12(6-7-13(16)17)10-5-4-9(18-3)8-11(10)14/h4-8,12H,1-3H3,(H,16,17)/b7-6+. The van der Waals surface area contributed by atoms with Gasteiger partial charge in [0.15, 0.2) is 0 Å². The summed E-state index contributed by atoms with van der Waals surface area (Å²) in [6, 6.07) is 5.14. The first-order valence-electron chi connectivity index (χ1n) is 5.36. The van der Waals surface area contributed by atoms with E-state index in [4.69, 9.17) is 21.4 Å². The molecule has 98 valence electrons. The van der Waals surface area contributed by atoms with Gasteiger partial charge < -0.3 is 9.84 Å². The quantitative estimate of drug-likeness (QED) is 0.835. The van der Waals surface area contributed by atoms with E-state index in [1.807, 2.05) is 25.1 Å². The van der Waals surface area contributed by atoms with Crippen molar-refractivity contribution in [1.29, 1.82) is 0 Å². The molecule has 0 aromatic heterocycles. The monoisotopic (exact) mass is 269 g/mol. The van der Waals surface area contributed by atoms with E-state index in [1.54, 1.807) is 25.3 Å². The maximum atomic E-state index is 10.6. The fraction of sp³-hybridized carbons (Fsp3) is 0.308. The van der Waals surface area contributed by atoms with Crippen LogP contribution >= 0.6 is 11.6 Å². The first kappa shape index (κ1) is 14.5. The number of nitrogens with zero attached hydrogens (tertiary/aromatic N) is 1. The second kappa shape index (κ2) is 6.42. The van der Waals surface area contributed by atoms with Crippen molar-refractivity contribution >= 4 is 17.6 Å². The van der Waals surface area contributed by atoms with Crippen molar-refractivity contribution in [2.24, 2.45) is 0 Å². The highest BCUT2D eigenvalue weighted by atomic mass is 35.5. The molecule has 0 saturated carbocycles. The summed E-state index contributed by atoms with van der Waals surface area (Å²) in [7, 11) is 5.29. The van der Waals surface area contributed by atoms with Crippen LogP contribution < -0.4 is 4.74 Å². The maximum Gasteiger partial charge on any atom is 0.328 e. The van der Waals surface area contributed by atoms with Gasteiger partial charge in [-0.15, -0.1) is 0 Å². The Balaban J connectivity index is 3.10. The average Bonchev–Trinajstić information content (AvgIpc) is 2.30. The number of ether oxygens (including phenoxy) is 1. The predicted molar refractivity (Wildman–Crippen MR) is 71.2 cm³/mol. The van der Waals surface area contributed by atoms with E-state index in [0.717, 1.165) is 11.6 Å². The minimum Gasteiger partial charge on any atom is -0.497 e. The largest absolute Gasteiger partial charge is 0.497 e. The molecule has 0 fully saturated rings. The van der Waals surface area contributed by atoms with E-state index >= 15 is 0 Å². The van der Waals surface area contributed by atoms with Gasteiger partial charge in [-0.25, -0.2) is 4.79 Å². The topological polar surface area (TPSA) is 49.8 Å². The zero-order valence-corrected chi connectivity index (χ0v) is 11.3. The van der Waals surface area contributed by atoms with Crippen LogP contribution in [0.15, 0.2) is 30.4 Å². The van der Waals surface area contributed by atoms with Crippen LogP contribution in [0.2, 0.25) is 5.02 Å². The number of carboxylic acid groups (broad SMARTS) is 1. The zero-order valence-electron chi connectivity index (χ0n) is 10.6. The Labute approximate surface area is 111 Å². The van der Waals surface area contributed by atoms with Crippen LogP contribution in [0, 0.1) is 0 Å². The fourth-order valence-electron chi connectivity index (χ4n) is 1.60. The van der Waals surface area contributed by atoms with Gasteiger partial charge in [0.05, 0.1) is 13.2 Å². The summed E-state index contributed by atoms with van der Waals surface area (Å²) in [4.78, 5) is 12.5. The molecule has 0 bridgehead atoms. The van der Waals surface area contributed by atoms with Crippen molar-refractivity contribution in [3.8, 4) is 5.75 Å². The summed E-state index contributed by atoms with van der Waals surface area (Å²) >= 11 is 6.17. The van der Waals surface area contributed by atoms with Crippen molar-refractivity contribution in [2.75, 3.05) is 21.2 Å². The van der Waals surface area contributed by atoms with Gasteiger partial charge in [-0.05, 0) is 31.8 Å². The molecule has 1 unspecified atom stereocenters. The Morgan fingerprint density at radius 1 is 1.50 bits per heavy atom. The smallest absolute Gasteiger partial charge is 0.328 e. The van der Waals surface area contributed by atoms with Gasteiger partial charge in [0.1, 0.15) is 5.75 Å². The van der Waals surface area contributed by atoms with E-state index < -0.39 is 5.97 Å². The van der Waals surface area contributed by atoms with Crippen LogP contribution in [0.25, 0.3) is 0 Å². The highest BCUT2D eigenvalue weighted by Gasteiger charge is 2.15. The molecule has 0 aliphatic heterocycles. The van der Waals surface area contributed by atoms with E-state index in [1.165, 1.54) is 0 Å². The lowest BCUT2D eigenvalue weighted by Gasteiger charge is -2.22. The average molecular weight is 270 g/mol. The molecule has 0 amide bonds. The predicted octanol–water partition coefficient (Wildman–Crippen LogP) is 2.59. The van der Waals surface area contributed by atoms with Gasteiger partial charge in [0.25, 0.3) is 0 Å². The molecule has 1 N–H and O–H groups in total. The highest BCUT2D eigenvalue weighted by molar-refractivity contribution is 6.31. The molecule has 0 heterocycles. The van der Waals surface area contributed by atoms with Crippen LogP contribution in [0.3, 0.4) is 0 Å². The molecule has 1 aromatic rings. The summed E-state index contributed by atoms with van der Waals surface area (Å²) in [5.74, 6) is -0.310. The number of likely N-dealkylation sites (N-methyl/N-ethyl adjacent to an activating group) is 1. The lowest BCUT2D eigenvalue weighted by Crippen LogP contribution is -2.18. The van der Waals surface area contributed by atoms with Crippen LogP contribution in [-0.2, 0) is 4.79 Å². The normalized spacial score (nSPS) is 12.9. The van der Waals surface area contributed by atoms with Gasteiger partial charge in [-0.3, -0.25) is 4.90 Å². The molecule has 1 rings (SSSR count). The lowest BCUT2D eigenvalue weighted by atomic mass is 10.1. The third-order valence-corrected chi connectivity index (χ3v) is 2.83. The lowest BCUT2D eigenvalue weighted by molar-refractivity contribution is -0.131. The SMILES string of the molecule is COc1ccc(C(/C=C/C(=O)O)N(C)C)c(Cl)c1. The molecule has 0 aliphatic carbocycles. The van der Waals surface area contributed by atoms with Gasteiger partial charge in [-0.2, -0.15) is 0 Å². The number of benzene rings is 1. The summed E-state index contributed by atoms with van der Waals surface area (Å²) in [6.07, 6.45) is 2.71. The third-order valence-electron chi connectivity index (χ3n) is 2.50. The van der Waals surface area contributed by atoms with Crippen molar-refractivity contribution < 1.29 is 14.6 Å². The molecular formula is C13H16ClNO3. The van der Waals surface area contributed by atoms with E-state index in [-0.39, 0.29) is 6.04 Å². The third kappa shape index (κ3) is 3.75. The minimum absolute atomic E-state index is 0.195. The summed E-state index contributed by atoms with van der Waals surface area (Å²) in [5, 5.41) is 9.23. The first-order chi connectivity index (χ1) is 8.45. The van der Waals surface area contributed by atoms with E-state index in [0.29, 0.717) is 10.8 Å². The van der Waals surface area contributed by atoms with Crippen molar-refractivity contribution in [2.45, 2.75) is 6.04 Å². The molecule has 0 aliphatic rings. The Morgan fingerprint density at radius 2 is 2.17 bits per heavy atom. The molecule has 0 saturated heterocycles. The maximum absolute atomic E-state index is 10.6. The highest BCUT2D eigenvalue weighted by Crippen LogP contribution is 2.30. The first-order valence-corrected chi connectivity index (χ1v) is 5.74. The number of rotatable bonds is 5. The van der Waals surface area contributed by atoms with Crippen LogP contribution in [0.5, 0.6) is 5.75 Å².